The summed E-state index contributed by atoms with van der Waals surface area (Å²) in [6.45, 7) is 10.0. The van der Waals surface area contributed by atoms with Gasteiger partial charge in [0.1, 0.15) is 6.61 Å². The number of carbonyl (C=O) groups excluding carboxylic acids is 1. The number of hydrogen-bond donors (Lipinski definition) is 0. The van der Waals surface area contributed by atoms with Crippen LogP contribution in [0.2, 0.25) is 0 Å². The normalized spacial score (nSPS) is 15.6. The van der Waals surface area contributed by atoms with Gasteiger partial charge in [-0.3, -0.25) is 4.90 Å². The molecule has 0 N–H and O–H groups in total. The highest BCUT2D eigenvalue weighted by Crippen LogP contribution is 2.21. The average molecular weight is 317 g/mol. The number of rotatable bonds is 7. The zero-order chi connectivity index (χ0) is 16.7. The third kappa shape index (κ3) is 4.81. The number of benzene rings is 1. The van der Waals surface area contributed by atoms with Gasteiger partial charge < -0.3 is 4.74 Å². The molecule has 0 aromatic heterocycles. The third-order valence-corrected chi connectivity index (χ3v) is 4.83. The number of likely N-dealkylation sites (tertiary alicyclic amines) is 1. The highest BCUT2D eigenvalue weighted by molar-refractivity contribution is 5.93. The summed E-state index contributed by atoms with van der Waals surface area (Å²) in [6.07, 6.45) is 6.62. The Morgan fingerprint density at radius 1 is 1.00 bits per heavy atom. The molecular weight excluding hydrogens is 286 g/mol. The van der Waals surface area contributed by atoms with Gasteiger partial charge in [-0.2, -0.15) is 0 Å². The highest BCUT2D eigenvalue weighted by atomic mass is 16.5. The van der Waals surface area contributed by atoms with Crippen LogP contribution in [-0.2, 0) is 24.0 Å². The summed E-state index contributed by atoms with van der Waals surface area (Å²) in [5, 5.41) is 0. The van der Waals surface area contributed by atoms with Crippen molar-refractivity contribution in [2.75, 3.05) is 26.2 Å². The fourth-order valence-corrected chi connectivity index (χ4v) is 3.39. The molecule has 3 nitrogen and oxygen atoms in total. The standard InChI is InChI=1S/C20H31NO2/c1-4-16-14-17(5-2)19(18(6-3)15-16)20(22)23-13-12-21-10-8-7-9-11-21/h14-15H,4-13H2,1-3H3. The monoisotopic (exact) mass is 317 g/mol. The first kappa shape index (κ1) is 18.0. The Labute approximate surface area is 141 Å². The first-order valence-corrected chi connectivity index (χ1v) is 9.23. The molecule has 3 heteroatoms. The number of nitrogens with zero attached hydrogens (tertiary/aromatic N) is 1. The molecule has 23 heavy (non-hydrogen) atoms. The molecule has 0 unspecified atom stereocenters. The van der Waals surface area contributed by atoms with Crippen molar-refractivity contribution < 1.29 is 9.53 Å². The molecule has 1 heterocycles. The zero-order valence-electron chi connectivity index (χ0n) is 15.0. The van der Waals surface area contributed by atoms with E-state index in [9.17, 15) is 4.79 Å². The molecule has 2 rings (SSSR count). The van der Waals surface area contributed by atoms with E-state index >= 15 is 0 Å². The predicted molar refractivity (Wildman–Crippen MR) is 95.1 cm³/mol. The molecule has 1 fully saturated rings. The summed E-state index contributed by atoms with van der Waals surface area (Å²) in [4.78, 5) is 15.0. The Morgan fingerprint density at radius 2 is 1.61 bits per heavy atom. The number of aryl methyl sites for hydroxylation is 3. The van der Waals surface area contributed by atoms with Crippen molar-refractivity contribution in [2.45, 2.75) is 59.3 Å². The minimum atomic E-state index is -0.140. The van der Waals surface area contributed by atoms with Gasteiger partial charge >= 0.3 is 5.97 Å². The summed E-state index contributed by atoms with van der Waals surface area (Å²) in [7, 11) is 0. The van der Waals surface area contributed by atoms with Gasteiger partial charge in [-0.15, -0.1) is 0 Å². The van der Waals surface area contributed by atoms with Gasteiger partial charge in [0.05, 0.1) is 5.56 Å². The largest absolute Gasteiger partial charge is 0.461 e. The highest BCUT2D eigenvalue weighted by Gasteiger charge is 2.18. The van der Waals surface area contributed by atoms with E-state index in [1.54, 1.807) is 0 Å². The first-order valence-electron chi connectivity index (χ1n) is 9.23. The summed E-state index contributed by atoms with van der Waals surface area (Å²) in [5.74, 6) is -0.140. The molecule has 0 atom stereocenters. The molecule has 1 aromatic rings. The fraction of sp³-hybridized carbons (Fsp3) is 0.650. The Balaban J connectivity index is 2.02. The average Bonchev–Trinajstić information content (AvgIpc) is 2.61. The number of piperidine rings is 1. The van der Waals surface area contributed by atoms with Crippen LogP contribution in [0.25, 0.3) is 0 Å². The lowest BCUT2D eigenvalue weighted by molar-refractivity contribution is 0.0449. The Hall–Kier alpha value is -1.35. The van der Waals surface area contributed by atoms with Gasteiger partial charge in [0.25, 0.3) is 0 Å². The first-order chi connectivity index (χ1) is 11.2. The van der Waals surface area contributed by atoms with Crippen molar-refractivity contribution in [3.8, 4) is 0 Å². The van der Waals surface area contributed by atoms with E-state index in [1.807, 2.05) is 0 Å². The lowest BCUT2D eigenvalue weighted by Crippen LogP contribution is -2.33. The third-order valence-electron chi connectivity index (χ3n) is 4.83. The van der Waals surface area contributed by atoms with Crippen LogP contribution in [-0.4, -0.2) is 37.1 Å². The van der Waals surface area contributed by atoms with Crippen LogP contribution >= 0.6 is 0 Å². The summed E-state index contributed by atoms with van der Waals surface area (Å²) in [6, 6.07) is 4.33. The van der Waals surface area contributed by atoms with Crippen molar-refractivity contribution in [3.63, 3.8) is 0 Å². The molecule has 1 aliphatic heterocycles. The lowest BCUT2D eigenvalue weighted by atomic mass is 9.94. The van der Waals surface area contributed by atoms with E-state index in [0.717, 1.165) is 55.6 Å². The fourth-order valence-electron chi connectivity index (χ4n) is 3.39. The van der Waals surface area contributed by atoms with Crippen LogP contribution < -0.4 is 0 Å². The second-order valence-electron chi connectivity index (χ2n) is 6.39. The molecule has 0 spiro atoms. The predicted octanol–water partition coefficient (Wildman–Crippen LogP) is 4.02. The van der Waals surface area contributed by atoms with E-state index in [1.165, 1.54) is 24.8 Å². The molecule has 0 aliphatic carbocycles. The van der Waals surface area contributed by atoms with Crippen molar-refractivity contribution >= 4 is 5.97 Å². The zero-order valence-corrected chi connectivity index (χ0v) is 15.0. The summed E-state index contributed by atoms with van der Waals surface area (Å²) in [5.41, 5.74) is 4.38. The number of hydrogen-bond acceptors (Lipinski definition) is 3. The van der Waals surface area contributed by atoms with Gasteiger partial charge in [0.15, 0.2) is 0 Å². The van der Waals surface area contributed by atoms with E-state index in [0.29, 0.717) is 6.61 Å². The van der Waals surface area contributed by atoms with E-state index in [2.05, 4.69) is 37.8 Å². The van der Waals surface area contributed by atoms with Crippen LogP contribution in [0.5, 0.6) is 0 Å². The van der Waals surface area contributed by atoms with Crippen LogP contribution in [0.3, 0.4) is 0 Å². The molecule has 1 saturated heterocycles. The molecule has 0 saturated carbocycles. The van der Waals surface area contributed by atoms with Crippen molar-refractivity contribution in [2.24, 2.45) is 0 Å². The van der Waals surface area contributed by atoms with Gasteiger partial charge in [0, 0.05) is 6.54 Å². The van der Waals surface area contributed by atoms with Crippen molar-refractivity contribution in [3.05, 3.63) is 34.4 Å². The molecule has 1 aromatic carbocycles. The van der Waals surface area contributed by atoms with E-state index in [4.69, 9.17) is 4.74 Å². The maximum absolute atomic E-state index is 12.6. The Kier molecular flexibility index (Phi) is 7.10. The maximum atomic E-state index is 12.6. The van der Waals surface area contributed by atoms with Gasteiger partial charge in [-0.1, -0.05) is 39.3 Å². The van der Waals surface area contributed by atoms with Crippen molar-refractivity contribution in [1.82, 2.24) is 4.90 Å². The minimum Gasteiger partial charge on any atom is -0.461 e. The van der Waals surface area contributed by atoms with Crippen molar-refractivity contribution in [1.29, 1.82) is 0 Å². The molecule has 128 valence electrons. The number of ether oxygens (including phenoxy) is 1. The van der Waals surface area contributed by atoms with Crippen LogP contribution in [0.1, 0.15) is 67.1 Å². The smallest absolute Gasteiger partial charge is 0.338 e. The second kappa shape index (κ2) is 9.07. The minimum absolute atomic E-state index is 0.140. The van der Waals surface area contributed by atoms with E-state index in [-0.39, 0.29) is 5.97 Å². The van der Waals surface area contributed by atoms with E-state index < -0.39 is 0 Å². The quantitative estimate of drug-likeness (QED) is 0.712. The summed E-state index contributed by atoms with van der Waals surface area (Å²) < 4.78 is 5.61. The number of carbonyl (C=O) groups is 1. The molecule has 0 bridgehead atoms. The van der Waals surface area contributed by atoms with Crippen LogP contribution in [0, 0.1) is 0 Å². The second-order valence-corrected chi connectivity index (χ2v) is 6.39. The molecule has 1 aliphatic rings. The number of esters is 1. The van der Waals surface area contributed by atoms with Crippen LogP contribution in [0.4, 0.5) is 0 Å². The Morgan fingerprint density at radius 3 is 2.13 bits per heavy atom. The molecular formula is C20H31NO2. The Bertz CT molecular complexity index is 493. The SMILES string of the molecule is CCc1cc(CC)c(C(=O)OCCN2CCCCC2)c(CC)c1. The topological polar surface area (TPSA) is 29.5 Å². The molecule has 0 amide bonds. The maximum Gasteiger partial charge on any atom is 0.338 e. The lowest BCUT2D eigenvalue weighted by Gasteiger charge is -2.26. The molecule has 0 radical (unpaired) electrons. The van der Waals surface area contributed by atoms with Gasteiger partial charge in [-0.05, 0) is 61.9 Å². The van der Waals surface area contributed by atoms with Gasteiger partial charge in [0.2, 0.25) is 0 Å². The summed E-state index contributed by atoms with van der Waals surface area (Å²) >= 11 is 0. The van der Waals surface area contributed by atoms with Crippen LogP contribution in [0.15, 0.2) is 12.1 Å². The van der Waals surface area contributed by atoms with Gasteiger partial charge in [-0.25, -0.2) is 4.79 Å².